The zero-order chi connectivity index (χ0) is 17.6. The highest BCUT2D eigenvalue weighted by Gasteiger charge is 2.43. The van der Waals surface area contributed by atoms with E-state index >= 15 is 0 Å². The molecule has 2 amide bonds. The molecule has 1 aromatic carbocycles. The fraction of sp³-hybridized carbons (Fsp3) is 0.294. The van der Waals surface area contributed by atoms with Gasteiger partial charge < -0.3 is 9.57 Å². The molecule has 0 spiro atoms. The molecule has 8 nitrogen and oxygen atoms in total. The molecular formula is C17H15N3O5. The van der Waals surface area contributed by atoms with Crippen molar-refractivity contribution in [1.29, 1.82) is 0 Å². The van der Waals surface area contributed by atoms with Gasteiger partial charge in [-0.2, -0.15) is 5.10 Å². The SMILES string of the molecule is Cn1nccc1[C@@H]1OCC[C@H]1C(=O)ON1C(=O)c2ccccc2C1=O. The van der Waals surface area contributed by atoms with Gasteiger partial charge in [-0.1, -0.05) is 17.2 Å². The van der Waals surface area contributed by atoms with Gasteiger partial charge in [0.1, 0.15) is 6.10 Å². The first-order valence-corrected chi connectivity index (χ1v) is 7.87. The Morgan fingerprint density at radius 2 is 1.88 bits per heavy atom. The molecule has 2 aromatic rings. The molecule has 1 aromatic heterocycles. The van der Waals surface area contributed by atoms with E-state index in [1.807, 2.05) is 0 Å². The van der Waals surface area contributed by atoms with Crippen molar-refractivity contribution < 1.29 is 24.0 Å². The molecule has 0 saturated carbocycles. The number of aryl methyl sites for hydroxylation is 1. The Morgan fingerprint density at radius 1 is 1.20 bits per heavy atom. The van der Waals surface area contributed by atoms with Crippen molar-refractivity contribution in [3.8, 4) is 0 Å². The van der Waals surface area contributed by atoms with Gasteiger partial charge in [0.15, 0.2) is 0 Å². The van der Waals surface area contributed by atoms with E-state index in [1.165, 1.54) is 12.1 Å². The van der Waals surface area contributed by atoms with Gasteiger partial charge in [-0.15, -0.1) is 0 Å². The van der Waals surface area contributed by atoms with Crippen LogP contribution in [0.5, 0.6) is 0 Å². The minimum atomic E-state index is -0.668. The van der Waals surface area contributed by atoms with Crippen molar-refractivity contribution in [2.24, 2.45) is 13.0 Å². The largest absolute Gasteiger partial charge is 0.371 e. The van der Waals surface area contributed by atoms with Crippen LogP contribution >= 0.6 is 0 Å². The number of hydrogen-bond acceptors (Lipinski definition) is 6. The van der Waals surface area contributed by atoms with Gasteiger partial charge in [0.05, 0.1) is 22.7 Å². The number of amides is 2. The molecule has 1 fully saturated rings. The molecule has 0 N–H and O–H groups in total. The lowest BCUT2D eigenvalue weighted by molar-refractivity contribution is -0.175. The normalized spacial score (nSPS) is 22.4. The summed E-state index contributed by atoms with van der Waals surface area (Å²) in [5.41, 5.74) is 1.19. The number of hydroxylamine groups is 2. The topological polar surface area (TPSA) is 90.7 Å². The second-order valence-electron chi connectivity index (χ2n) is 5.93. The first-order chi connectivity index (χ1) is 12.1. The van der Waals surface area contributed by atoms with Gasteiger partial charge in [-0.3, -0.25) is 14.3 Å². The number of ether oxygens (including phenoxy) is 1. The molecule has 2 atom stereocenters. The molecule has 0 radical (unpaired) electrons. The van der Waals surface area contributed by atoms with Crippen LogP contribution in [0.2, 0.25) is 0 Å². The summed E-state index contributed by atoms with van der Waals surface area (Å²) in [7, 11) is 1.75. The fourth-order valence-electron chi connectivity index (χ4n) is 3.19. The second-order valence-corrected chi connectivity index (χ2v) is 5.93. The highest BCUT2D eigenvalue weighted by atomic mass is 16.7. The van der Waals surface area contributed by atoms with Gasteiger partial charge in [-0.25, -0.2) is 4.79 Å². The average molecular weight is 341 g/mol. The van der Waals surface area contributed by atoms with E-state index in [4.69, 9.17) is 9.57 Å². The van der Waals surface area contributed by atoms with E-state index in [1.54, 1.807) is 36.1 Å². The molecule has 8 heteroatoms. The molecule has 1 saturated heterocycles. The van der Waals surface area contributed by atoms with E-state index in [0.29, 0.717) is 18.1 Å². The predicted molar refractivity (Wildman–Crippen MR) is 83.0 cm³/mol. The van der Waals surface area contributed by atoms with Gasteiger partial charge >= 0.3 is 5.97 Å². The van der Waals surface area contributed by atoms with Gasteiger partial charge in [-0.05, 0) is 24.6 Å². The molecule has 128 valence electrons. The van der Waals surface area contributed by atoms with Crippen LogP contribution in [0.1, 0.15) is 38.9 Å². The van der Waals surface area contributed by atoms with Crippen molar-refractivity contribution >= 4 is 17.8 Å². The predicted octanol–water partition coefficient (Wildman–Crippen LogP) is 1.25. The summed E-state index contributed by atoms with van der Waals surface area (Å²) in [4.78, 5) is 42.3. The molecule has 0 unspecified atom stereocenters. The Hall–Kier alpha value is -3.00. The summed E-state index contributed by atoms with van der Waals surface area (Å²) >= 11 is 0. The lowest BCUT2D eigenvalue weighted by Crippen LogP contribution is -2.36. The van der Waals surface area contributed by atoms with Crippen LogP contribution in [0.15, 0.2) is 36.5 Å². The number of nitrogens with zero attached hydrogens (tertiary/aromatic N) is 3. The smallest absolute Gasteiger partial charge is 0.339 e. The summed E-state index contributed by atoms with van der Waals surface area (Å²) in [5, 5.41) is 4.61. The third-order valence-electron chi connectivity index (χ3n) is 4.48. The number of carbonyl (C=O) groups is 3. The lowest BCUT2D eigenvalue weighted by atomic mass is 9.99. The minimum absolute atomic E-state index is 0.228. The molecule has 25 heavy (non-hydrogen) atoms. The molecule has 0 bridgehead atoms. The Labute approximate surface area is 142 Å². The molecular weight excluding hydrogens is 326 g/mol. The van der Waals surface area contributed by atoms with Crippen LogP contribution in [0, 0.1) is 5.92 Å². The number of fused-ring (bicyclic) bond motifs is 1. The van der Waals surface area contributed by atoms with Gasteiger partial charge in [0.25, 0.3) is 11.8 Å². The average Bonchev–Trinajstić information content (AvgIpc) is 3.30. The maximum absolute atomic E-state index is 12.6. The van der Waals surface area contributed by atoms with Crippen molar-refractivity contribution in [3.63, 3.8) is 0 Å². The summed E-state index contributed by atoms with van der Waals surface area (Å²) in [6, 6.07) is 8.12. The fourth-order valence-corrected chi connectivity index (χ4v) is 3.19. The number of hydrogen-bond donors (Lipinski definition) is 0. The van der Waals surface area contributed by atoms with Gasteiger partial charge in [0, 0.05) is 19.9 Å². The van der Waals surface area contributed by atoms with E-state index < -0.39 is 29.8 Å². The quantitative estimate of drug-likeness (QED) is 0.781. The number of imide groups is 1. The summed E-state index contributed by atoms with van der Waals surface area (Å²) in [6.07, 6.45) is 1.54. The Bertz CT molecular complexity index is 840. The van der Waals surface area contributed by atoms with Crippen molar-refractivity contribution in [2.75, 3.05) is 6.61 Å². The van der Waals surface area contributed by atoms with E-state index in [2.05, 4.69) is 5.10 Å². The van der Waals surface area contributed by atoms with E-state index in [0.717, 1.165) is 5.69 Å². The first-order valence-electron chi connectivity index (χ1n) is 7.87. The Morgan fingerprint density at radius 3 is 2.48 bits per heavy atom. The first kappa shape index (κ1) is 15.5. The maximum Gasteiger partial charge on any atom is 0.339 e. The van der Waals surface area contributed by atoms with Crippen LogP contribution in [-0.4, -0.2) is 39.2 Å². The van der Waals surface area contributed by atoms with Crippen LogP contribution < -0.4 is 0 Å². The lowest BCUT2D eigenvalue weighted by Gasteiger charge is -2.20. The van der Waals surface area contributed by atoms with E-state index in [-0.39, 0.29) is 11.1 Å². The monoisotopic (exact) mass is 341 g/mol. The summed E-state index contributed by atoms with van der Waals surface area (Å²) < 4.78 is 7.27. The minimum Gasteiger partial charge on any atom is -0.371 e. The molecule has 0 aliphatic carbocycles. The molecule has 2 aliphatic heterocycles. The van der Waals surface area contributed by atoms with Crippen molar-refractivity contribution in [2.45, 2.75) is 12.5 Å². The van der Waals surface area contributed by atoms with Crippen LogP contribution in [0.25, 0.3) is 0 Å². The van der Waals surface area contributed by atoms with Crippen molar-refractivity contribution in [3.05, 3.63) is 53.3 Å². The number of carbonyl (C=O) groups excluding carboxylic acids is 3. The third-order valence-corrected chi connectivity index (χ3v) is 4.48. The third kappa shape index (κ3) is 2.42. The number of benzene rings is 1. The Kier molecular flexibility index (Phi) is 3.61. The number of aromatic nitrogens is 2. The van der Waals surface area contributed by atoms with Crippen LogP contribution in [0.3, 0.4) is 0 Å². The second kappa shape index (κ2) is 5.82. The highest BCUT2D eigenvalue weighted by Crippen LogP contribution is 2.35. The summed E-state index contributed by atoms with van der Waals surface area (Å²) in [6.45, 7) is 0.387. The molecule has 3 heterocycles. The zero-order valence-electron chi connectivity index (χ0n) is 13.4. The van der Waals surface area contributed by atoms with E-state index in [9.17, 15) is 14.4 Å². The highest BCUT2D eigenvalue weighted by molar-refractivity contribution is 6.20. The van der Waals surface area contributed by atoms with Crippen LogP contribution in [0.4, 0.5) is 0 Å². The van der Waals surface area contributed by atoms with Gasteiger partial charge in [0.2, 0.25) is 0 Å². The molecule has 2 aliphatic rings. The summed E-state index contributed by atoms with van der Waals surface area (Å²) in [5.74, 6) is -2.55. The van der Waals surface area contributed by atoms with Crippen molar-refractivity contribution in [1.82, 2.24) is 14.8 Å². The standard InChI is InChI=1S/C17H15N3O5/c1-19-13(6-8-18-19)14-12(7-9-24-14)17(23)25-20-15(21)10-4-2-3-5-11(10)16(20)22/h2-6,8,12,14H,7,9H2,1H3/t12-,14-/m1/s1. The maximum atomic E-state index is 12.6. The Balaban J connectivity index is 1.54. The number of rotatable bonds is 3. The molecule has 4 rings (SSSR count). The van der Waals surface area contributed by atoms with Crippen LogP contribution in [-0.2, 0) is 21.4 Å². The zero-order valence-corrected chi connectivity index (χ0v) is 13.4.